The highest BCUT2D eigenvalue weighted by molar-refractivity contribution is 6.30. The molecule has 3 nitrogen and oxygen atoms in total. The van der Waals surface area contributed by atoms with Crippen LogP contribution in [0.5, 0.6) is 0 Å². The second kappa shape index (κ2) is 3.56. The van der Waals surface area contributed by atoms with Gasteiger partial charge in [0.15, 0.2) is 2.82 Å². The van der Waals surface area contributed by atoms with Gasteiger partial charge in [-0.25, -0.2) is 0 Å². The molecule has 12 heavy (non-hydrogen) atoms. The van der Waals surface area contributed by atoms with Crippen molar-refractivity contribution in [1.29, 1.82) is 0 Å². The molecule has 0 saturated heterocycles. The summed E-state index contributed by atoms with van der Waals surface area (Å²) in [6.07, 6.45) is 0. The van der Waals surface area contributed by atoms with E-state index in [4.69, 9.17) is 24.1 Å². The van der Waals surface area contributed by atoms with Crippen LogP contribution in [0.15, 0.2) is 24.2 Å². The Kier molecular flexibility index (Phi) is 0.806. The van der Waals surface area contributed by atoms with Crippen LogP contribution >= 0.6 is 11.6 Å². The molecule has 1 amide bonds. The van der Waals surface area contributed by atoms with Gasteiger partial charge in [0.25, 0.3) is 0 Å². The number of benzene rings is 1. The number of carbonyl (C=O) groups excluding carboxylic acids is 1. The molecule has 4 N–H and O–H groups in total. The summed E-state index contributed by atoms with van der Waals surface area (Å²) in [4.78, 5) is 11.8. The molecule has 0 bridgehead atoms. The number of rotatable bonds is 3. The minimum absolute atomic E-state index is 0.490. The van der Waals surface area contributed by atoms with E-state index in [-0.39, 0.29) is 0 Å². The average Bonchev–Trinajstić information content (AvgIpc) is 2.41. The monoisotopic (exact) mass is 193 g/mol. The van der Waals surface area contributed by atoms with Gasteiger partial charge in [0, 0.05) is 5.02 Å². The van der Waals surface area contributed by atoms with Crippen molar-refractivity contribution in [2.24, 2.45) is 11.4 Å². The van der Waals surface area contributed by atoms with E-state index >= 15 is 0 Å². The Morgan fingerprint density at radius 1 is 1.83 bits per heavy atom. The molecule has 0 aliphatic carbocycles. The fraction of sp³-hybridized carbons (Fsp3) is 0.125. The molecule has 1 aromatic rings. The minimum Gasteiger partial charge on any atom is -0.368 e. The molecule has 0 fully saturated rings. The van der Waals surface area contributed by atoms with Crippen LogP contribution in [-0.2, 0) is 4.79 Å². The van der Waals surface area contributed by atoms with Crippen molar-refractivity contribution in [3.8, 4) is 0 Å². The van der Waals surface area contributed by atoms with E-state index in [0.717, 1.165) is 0 Å². The third-order valence-electron chi connectivity index (χ3n) is 1.03. The molecular formula is C8H9ClN2O. The first-order valence-corrected chi connectivity index (χ1v) is 3.22. The van der Waals surface area contributed by atoms with Crippen molar-refractivity contribution in [3.05, 3.63) is 34.8 Å². The molecule has 0 aliphatic heterocycles. The predicted octanol–water partition coefficient (Wildman–Crippen LogP) is 0.825. The Bertz CT molecular complexity index is 567. The van der Waals surface area contributed by atoms with Gasteiger partial charge in [-0.3, -0.25) is 4.79 Å². The standard InChI is InChI=1S/C8H9ClN2O/c9-6-3-1-2-5(4-6)7(10)8(11)12/h1-4,7H,10H2,(H2,11,12)/i1D,2D,3D,4D,7D/hD4. The van der Waals surface area contributed by atoms with Crippen molar-refractivity contribution >= 4 is 17.5 Å². The summed E-state index contributed by atoms with van der Waals surface area (Å²) < 4.78 is 66.2. The third-order valence-corrected chi connectivity index (χ3v) is 1.22. The fourth-order valence-corrected chi connectivity index (χ4v) is 0.688. The number of hydrogen-bond acceptors (Lipinski definition) is 2. The largest absolute Gasteiger partial charge is 0.368 e. The Morgan fingerprint density at radius 3 is 3.33 bits per heavy atom. The second-order valence-corrected chi connectivity index (χ2v) is 2.22. The summed E-state index contributed by atoms with van der Waals surface area (Å²) in [6.45, 7) is 0. The number of hydrogen-bond donors (Lipinski definition) is 2. The van der Waals surface area contributed by atoms with Crippen molar-refractivity contribution in [2.45, 2.75) is 6.02 Å². The van der Waals surface area contributed by atoms with E-state index < -0.39 is 58.1 Å². The smallest absolute Gasteiger partial charge is 0.238 e. The van der Waals surface area contributed by atoms with E-state index in [1.54, 1.807) is 0 Å². The molecule has 0 saturated carbocycles. The van der Waals surface area contributed by atoms with Crippen molar-refractivity contribution in [1.82, 2.24) is 0 Å². The highest BCUT2D eigenvalue weighted by Gasteiger charge is 2.11. The van der Waals surface area contributed by atoms with Crippen LogP contribution in [0.25, 0.3) is 0 Å². The van der Waals surface area contributed by atoms with Gasteiger partial charge >= 0.3 is 0 Å². The zero-order valence-corrected chi connectivity index (χ0v) is 6.44. The topological polar surface area (TPSA) is 69.1 Å². The third kappa shape index (κ3) is 1.96. The molecule has 0 radical (unpaired) electrons. The molecular weight excluding hydrogens is 176 g/mol. The number of primary amides is 1. The number of nitrogens with two attached hydrogens (primary N) is 2. The number of amides is 1. The minimum atomic E-state index is -3.11. The fourth-order valence-electron chi connectivity index (χ4n) is 0.546. The summed E-state index contributed by atoms with van der Waals surface area (Å²) in [6, 6.07) is -6.33. The van der Waals surface area contributed by atoms with Gasteiger partial charge in [-0.05, 0) is 17.6 Å². The molecule has 0 heterocycles. The number of carbonyl (C=O) groups is 1. The van der Waals surface area contributed by atoms with Crippen LogP contribution in [-0.4, -0.2) is 5.91 Å². The van der Waals surface area contributed by atoms with E-state index in [0.29, 0.717) is 0 Å². The first kappa shape index (κ1) is 2.72. The van der Waals surface area contributed by atoms with Crippen molar-refractivity contribution in [3.63, 3.8) is 0 Å². The summed E-state index contributed by atoms with van der Waals surface area (Å²) in [7, 11) is 0. The molecule has 1 atom stereocenters. The zero-order chi connectivity index (χ0) is 16.7. The lowest BCUT2D eigenvalue weighted by molar-refractivity contribution is -0.119. The molecule has 64 valence electrons. The van der Waals surface area contributed by atoms with Crippen LogP contribution in [0, 0.1) is 0 Å². The molecule has 0 aliphatic rings. The van der Waals surface area contributed by atoms with E-state index in [1.807, 2.05) is 0 Å². The molecule has 0 spiro atoms. The van der Waals surface area contributed by atoms with Crippen LogP contribution in [0.1, 0.15) is 18.4 Å². The SMILES string of the molecule is [2H]c1c([2H])c(Cl)c([2H])c(C([2H])(C(=O)N([2H])[2H])N([2H])[2H])c1[2H]. The van der Waals surface area contributed by atoms with Gasteiger partial charge in [-0.1, -0.05) is 23.7 Å². The first-order chi connectivity index (χ1) is 9.47. The predicted molar refractivity (Wildman–Crippen MR) is 47.6 cm³/mol. The lowest BCUT2D eigenvalue weighted by atomic mass is 10.1. The molecule has 1 unspecified atom stereocenters. The van der Waals surface area contributed by atoms with Gasteiger partial charge in [0.2, 0.25) is 5.91 Å². The number of halogens is 1. The van der Waals surface area contributed by atoms with Gasteiger partial charge in [-0.2, -0.15) is 0 Å². The Balaban J connectivity index is 3.81. The lowest BCUT2D eigenvalue weighted by Gasteiger charge is -2.06. The molecule has 0 aromatic heterocycles. The zero-order valence-electron chi connectivity index (χ0n) is 14.7. The Labute approximate surface area is 88.2 Å². The van der Waals surface area contributed by atoms with Crippen LogP contribution < -0.4 is 11.4 Å². The molecule has 1 aromatic carbocycles. The van der Waals surface area contributed by atoms with E-state index in [2.05, 4.69) is 0 Å². The van der Waals surface area contributed by atoms with Gasteiger partial charge < -0.3 is 11.4 Å². The van der Waals surface area contributed by atoms with Crippen LogP contribution in [0.2, 0.25) is 10.7 Å². The Morgan fingerprint density at radius 2 is 2.67 bits per heavy atom. The average molecular weight is 194 g/mol. The van der Waals surface area contributed by atoms with E-state index in [1.165, 1.54) is 0 Å². The van der Waals surface area contributed by atoms with Gasteiger partial charge in [-0.15, -0.1) is 0 Å². The normalized spacial score (nSPS) is 25.7. The molecule has 4 heteroatoms. The van der Waals surface area contributed by atoms with Gasteiger partial charge in [0.1, 0.15) is 8.84 Å². The lowest BCUT2D eigenvalue weighted by Crippen LogP contribution is -2.28. The first-order valence-electron chi connectivity index (χ1n) is 7.13. The maximum Gasteiger partial charge on any atom is 0.238 e. The van der Waals surface area contributed by atoms with Crippen molar-refractivity contribution < 1.29 is 17.3 Å². The van der Waals surface area contributed by atoms with Crippen LogP contribution in [0.4, 0.5) is 0 Å². The van der Waals surface area contributed by atoms with Crippen LogP contribution in [0.3, 0.4) is 0 Å². The highest BCUT2D eigenvalue weighted by atomic mass is 35.5. The second-order valence-electron chi connectivity index (χ2n) is 1.84. The maximum atomic E-state index is 11.8. The summed E-state index contributed by atoms with van der Waals surface area (Å²) in [5, 5.41) is -0.626. The Hall–Kier alpha value is -1.06. The van der Waals surface area contributed by atoms with Gasteiger partial charge in [0.05, 0.1) is 6.85 Å². The molecule has 1 rings (SSSR count). The summed E-state index contributed by atoms with van der Waals surface area (Å²) >= 11 is 5.63. The van der Waals surface area contributed by atoms with E-state index in [9.17, 15) is 4.79 Å². The highest BCUT2D eigenvalue weighted by Crippen LogP contribution is 2.15. The summed E-state index contributed by atoms with van der Waals surface area (Å²) in [5.41, 5.74) is -1.96. The summed E-state index contributed by atoms with van der Waals surface area (Å²) in [5.74, 6) is -1.71. The quantitative estimate of drug-likeness (QED) is 0.747. The van der Waals surface area contributed by atoms with Crippen molar-refractivity contribution in [2.75, 3.05) is 0 Å². The maximum absolute atomic E-state index is 11.8.